The number of nitrogens with zero attached hydrogens (tertiary/aromatic N) is 8. The Kier molecular flexibility index (Phi) is 7.56. The van der Waals surface area contributed by atoms with Crippen LogP contribution in [0.3, 0.4) is 0 Å². The molecule has 3 aromatic heterocycles. The van der Waals surface area contributed by atoms with Crippen LogP contribution in [0, 0.1) is 0 Å². The second-order valence-corrected chi connectivity index (χ2v) is 11.0. The van der Waals surface area contributed by atoms with Crippen molar-refractivity contribution in [3.05, 3.63) is 78.2 Å². The number of amides is 2. The number of hydrogen-bond donors (Lipinski definition) is 1. The molecule has 0 radical (unpaired) electrons. The van der Waals surface area contributed by atoms with Crippen LogP contribution in [0.25, 0.3) is 27.5 Å². The van der Waals surface area contributed by atoms with E-state index in [-0.39, 0.29) is 6.03 Å². The lowest BCUT2D eigenvalue weighted by atomic mass is 10.0. The second kappa shape index (κ2) is 11.6. The molecule has 1 aliphatic rings. The van der Waals surface area contributed by atoms with Gasteiger partial charge >= 0.3 is 6.03 Å². The third-order valence-corrected chi connectivity index (χ3v) is 7.90. The zero-order valence-electron chi connectivity index (χ0n) is 23.8. The minimum absolute atomic E-state index is 0.0978. The van der Waals surface area contributed by atoms with Crippen molar-refractivity contribution in [2.75, 3.05) is 52.6 Å². The first kappa shape index (κ1) is 26.8. The first-order chi connectivity index (χ1) is 20.0. The molecule has 0 spiro atoms. The van der Waals surface area contributed by atoms with Gasteiger partial charge in [0, 0.05) is 63.1 Å². The van der Waals surface area contributed by atoms with Crippen LogP contribution >= 0.6 is 0 Å². The average Bonchev–Trinajstić information content (AvgIpc) is 3.57. The number of carbonyl (C=O) groups is 1. The fourth-order valence-corrected chi connectivity index (χ4v) is 5.71. The molecule has 10 heteroatoms. The van der Waals surface area contributed by atoms with E-state index in [0.717, 1.165) is 91.8 Å². The number of aryl methyl sites for hydroxylation is 1. The molecular weight excluding hydrogens is 514 g/mol. The van der Waals surface area contributed by atoms with Crippen molar-refractivity contribution in [2.45, 2.75) is 25.8 Å². The zero-order valence-corrected chi connectivity index (χ0v) is 23.8. The molecule has 1 fully saturated rings. The lowest BCUT2D eigenvalue weighted by Gasteiger charge is -2.35. The van der Waals surface area contributed by atoms with E-state index in [4.69, 9.17) is 10.8 Å². The van der Waals surface area contributed by atoms with Crippen molar-refractivity contribution in [3.63, 3.8) is 0 Å². The summed E-state index contributed by atoms with van der Waals surface area (Å²) in [5, 5.41) is 14.5. The maximum absolute atomic E-state index is 12.2. The fourth-order valence-electron chi connectivity index (χ4n) is 5.71. The van der Waals surface area contributed by atoms with Crippen molar-refractivity contribution in [3.8, 4) is 11.1 Å². The number of urea groups is 1. The minimum Gasteiger partial charge on any atom is -0.396 e. The fraction of sp³-hybridized carbons (Fsp3) is 0.355. The minimum atomic E-state index is 0.0978. The number of anilines is 1. The van der Waals surface area contributed by atoms with Crippen LogP contribution < -0.4 is 5.73 Å². The number of carbonyl (C=O) groups excluding carboxylic acids is 1. The van der Waals surface area contributed by atoms with Crippen molar-refractivity contribution in [1.29, 1.82) is 0 Å². The summed E-state index contributed by atoms with van der Waals surface area (Å²) in [4.78, 5) is 18.2. The first-order valence-electron chi connectivity index (χ1n) is 14.3. The van der Waals surface area contributed by atoms with Crippen molar-refractivity contribution in [2.24, 2.45) is 0 Å². The summed E-state index contributed by atoms with van der Waals surface area (Å²) in [7, 11) is 3.62. The molecule has 4 heterocycles. The van der Waals surface area contributed by atoms with E-state index in [1.807, 2.05) is 34.3 Å². The van der Waals surface area contributed by atoms with Gasteiger partial charge in [0.05, 0.1) is 29.5 Å². The molecule has 0 aliphatic carbocycles. The molecule has 6 rings (SSSR count). The summed E-state index contributed by atoms with van der Waals surface area (Å²) in [5.41, 5.74) is 13.3. The van der Waals surface area contributed by atoms with Gasteiger partial charge in [-0.1, -0.05) is 47.7 Å². The summed E-state index contributed by atoms with van der Waals surface area (Å²) in [6, 6.07) is 19.1. The monoisotopic (exact) mass is 551 g/mol. The Hall–Kier alpha value is -4.44. The van der Waals surface area contributed by atoms with E-state index in [9.17, 15) is 4.79 Å². The summed E-state index contributed by atoms with van der Waals surface area (Å²) in [6.45, 7) is 5.17. The van der Waals surface area contributed by atoms with Gasteiger partial charge in [0.15, 0.2) is 0 Å². The van der Waals surface area contributed by atoms with E-state index in [0.29, 0.717) is 5.69 Å². The number of nitrogens with two attached hydrogens (primary N) is 1. The predicted octanol–water partition coefficient (Wildman–Crippen LogP) is 4.00. The van der Waals surface area contributed by atoms with Gasteiger partial charge in [-0.25, -0.2) is 9.31 Å². The normalized spacial score (nSPS) is 14.2. The molecule has 0 atom stereocenters. The number of nitrogen functional groups attached to an aromatic ring is 1. The third kappa shape index (κ3) is 5.74. The molecule has 0 saturated carbocycles. The Labute approximate surface area is 239 Å². The van der Waals surface area contributed by atoms with Gasteiger partial charge in [0.1, 0.15) is 0 Å². The zero-order chi connectivity index (χ0) is 28.3. The van der Waals surface area contributed by atoms with E-state index < -0.39 is 0 Å². The molecule has 5 aromatic rings. The number of unbranched alkanes of at least 4 members (excludes halogenated alkanes) is 1. The van der Waals surface area contributed by atoms with Crippen molar-refractivity contribution in [1.82, 2.24) is 39.3 Å². The standard InChI is InChI=1S/C31H37N9O/c1-36(2)31(41)38-16-14-37(15-17-38)13-7-6-10-26-19-27(30-28(32)20-33-35-40(26)30)24-11-12-25-22-39(34-29(25)18-24)21-23-8-4-3-5-9-23/h3-5,8-9,11-12,18-20,22H,6-7,10,13-17,21,32H2,1-2H3. The molecular formula is C31H37N9O. The molecule has 10 nitrogen and oxygen atoms in total. The van der Waals surface area contributed by atoms with Crippen molar-refractivity contribution >= 4 is 28.1 Å². The first-order valence-corrected chi connectivity index (χ1v) is 14.3. The number of fused-ring (bicyclic) bond motifs is 2. The molecule has 212 valence electrons. The number of piperazine rings is 1. The van der Waals surface area contributed by atoms with Gasteiger partial charge in [-0.05, 0) is 49.1 Å². The van der Waals surface area contributed by atoms with Crippen LogP contribution in [0.4, 0.5) is 10.5 Å². The highest BCUT2D eigenvalue weighted by Gasteiger charge is 2.22. The Morgan fingerprint density at radius 1 is 1.00 bits per heavy atom. The Morgan fingerprint density at radius 3 is 2.59 bits per heavy atom. The maximum Gasteiger partial charge on any atom is 0.319 e. The topological polar surface area (TPSA) is 101 Å². The summed E-state index contributed by atoms with van der Waals surface area (Å²) in [6.07, 6.45) is 6.70. The van der Waals surface area contributed by atoms with Crippen LogP contribution in [-0.4, -0.2) is 92.2 Å². The smallest absolute Gasteiger partial charge is 0.319 e. The quantitative estimate of drug-likeness (QED) is 0.293. The van der Waals surface area contributed by atoms with Crippen LogP contribution in [0.1, 0.15) is 24.1 Å². The summed E-state index contributed by atoms with van der Waals surface area (Å²) in [5.74, 6) is 0. The van der Waals surface area contributed by atoms with Crippen molar-refractivity contribution < 1.29 is 4.79 Å². The van der Waals surface area contributed by atoms with Crippen LogP contribution in [0.2, 0.25) is 0 Å². The van der Waals surface area contributed by atoms with Gasteiger partial charge in [-0.3, -0.25) is 9.58 Å². The van der Waals surface area contributed by atoms with Crippen LogP contribution in [-0.2, 0) is 13.0 Å². The lowest BCUT2D eigenvalue weighted by molar-refractivity contribution is 0.122. The molecule has 0 bridgehead atoms. The summed E-state index contributed by atoms with van der Waals surface area (Å²) < 4.78 is 3.89. The molecule has 1 aliphatic heterocycles. The predicted molar refractivity (Wildman–Crippen MR) is 162 cm³/mol. The van der Waals surface area contributed by atoms with Gasteiger partial charge in [-0.15, -0.1) is 5.10 Å². The highest BCUT2D eigenvalue weighted by atomic mass is 16.2. The van der Waals surface area contributed by atoms with Crippen LogP contribution in [0.15, 0.2) is 67.0 Å². The maximum atomic E-state index is 12.2. The Balaban J connectivity index is 1.14. The van der Waals surface area contributed by atoms with E-state index >= 15 is 0 Å². The van der Waals surface area contributed by atoms with E-state index in [1.54, 1.807) is 11.1 Å². The number of benzene rings is 2. The lowest BCUT2D eigenvalue weighted by Crippen LogP contribution is -2.51. The number of hydrogen-bond acceptors (Lipinski definition) is 6. The number of aromatic nitrogens is 5. The van der Waals surface area contributed by atoms with Gasteiger partial charge in [-0.2, -0.15) is 5.10 Å². The molecule has 2 amide bonds. The number of rotatable bonds is 8. The third-order valence-electron chi connectivity index (χ3n) is 7.90. The highest BCUT2D eigenvalue weighted by molar-refractivity contribution is 5.93. The Bertz CT molecular complexity index is 1650. The molecule has 0 unspecified atom stereocenters. The average molecular weight is 552 g/mol. The molecule has 2 N–H and O–H groups in total. The van der Waals surface area contributed by atoms with Gasteiger partial charge in [0.25, 0.3) is 0 Å². The van der Waals surface area contributed by atoms with E-state index in [2.05, 4.69) is 69.9 Å². The van der Waals surface area contributed by atoms with Crippen LogP contribution in [0.5, 0.6) is 0 Å². The Morgan fingerprint density at radius 2 is 1.80 bits per heavy atom. The van der Waals surface area contributed by atoms with Gasteiger partial charge < -0.3 is 15.5 Å². The largest absolute Gasteiger partial charge is 0.396 e. The molecule has 41 heavy (non-hydrogen) atoms. The highest BCUT2D eigenvalue weighted by Crippen LogP contribution is 2.33. The van der Waals surface area contributed by atoms with E-state index in [1.165, 1.54) is 5.56 Å². The van der Waals surface area contributed by atoms with Gasteiger partial charge in [0.2, 0.25) is 0 Å². The molecule has 2 aromatic carbocycles. The summed E-state index contributed by atoms with van der Waals surface area (Å²) >= 11 is 0. The second-order valence-electron chi connectivity index (χ2n) is 11.0. The SMILES string of the molecule is CN(C)C(=O)N1CCN(CCCCc2cc(-c3ccc4cn(Cc5ccccc5)nc4c3)c3c(N)cnnn23)CC1. The molecule has 1 saturated heterocycles.